The third-order valence-electron chi connectivity index (χ3n) is 4.98. The molecule has 4 nitrogen and oxygen atoms in total. The molecule has 0 spiro atoms. The van der Waals surface area contributed by atoms with Crippen molar-refractivity contribution in [3.8, 4) is 0 Å². The molecular formula is C17H34N2O2. The fourth-order valence-corrected chi connectivity index (χ4v) is 3.59. The summed E-state index contributed by atoms with van der Waals surface area (Å²) in [6, 6.07) is 0.725. The van der Waals surface area contributed by atoms with Crippen LogP contribution in [0.4, 0.5) is 0 Å². The molecule has 0 heterocycles. The van der Waals surface area contributed by atoms with E-state index in [4.69, 9.17) is 0 Å². The molecule has 0 amide bonds. The Morgan fingerprint density at radius 1 is 1.38 bits per heavy atom. The Hall–Kier alpha value is -0.610. The second-order valence-electron chi connectivity index (χ2n) is 6.92. The zero-order valence-electron chi connectivity index (χ0n) is 14.3. The van der Waals surface area contributed by atoms with Crippen molar-refractivity contribution in [1.29, 1.82) is 0 Å². The molecule has 1 rings (SSSR count). The predicted molar refractivity (Wildman–Crippen MR) is 87.6 cm³/mol. The highest BCUT2D eigenvalue weighted by atomic mass is 16.4. The molecule has 1 unspecified atom stereocenters. The molecule has 0 aromatic rings. The van der Waals surface area contributed by atoms with Crippen LogP contribution < -0.4 is 5.32 Å². The Balaban J connectivity index is 2.53. The van der Waals surface area contributed by atoms with Gasteiger partial charge in [0.2, 0.25) is 0 Å². The first-order valence-electron chi connectivity index (χ1n) is 8.61. The van der Waals surface area contributed by atoms with Gasteiger partial charge >= 0.3 is 5.97 Å². The third kappa shape index (κ3) is 5.26. The molecule has 0 saturated heterocycles. The molecule has 1 fully saturated rings. The summed E-state index contributed by atoms with van der Waals surface area (Å²) in [4.78, 5) is 14.1. The number of nitrogens with zero attached hydrogens (tertiary/aromatic N) is 1. The lowest BCUT2D eigenvalue weighted by Crippen LogP contribution is -2.50. The molecule has 0 aromatic carbocycles. The van der Waals surface area contributed by atoms with Gasteiger partial charge in [0.25, 0.3) is 0 Å². The van der Waals surface area contributed by atoms with E-state index in [1.54, 1.807) is 7.05 Å². The van der Waals surface area contributed by atoms with Crippen LogP contribution in [0.2, 0.25) is 0 Å². The zero-order valence-corrected chi connectivity index (χ0v) is 14.3. The summed E-state index contributed by atoms with van der Waals surface area (Å²) in [5.41, 5.74) is -0.751. The lowest BCUT2D eigenvalue weighted by Gasteiger charge is -2.33. The number of hydrogen-bond donors (Lipinski definition) is 2. The number of rotatable bonds is 10. The number of aliphatic carboxylic acids is 1. The molecular weight excluding hydrogens is 264 g/mol. The van der Waals surface area contributed by atoms with Gasteiger partial charge in [-0.3, -0.25) is 4.79 Å². The lowest BCUT2D eigenvalue weighted by molar-refractivity contribution is -0.145. The molecule has 4 heteroatoms. The van der Waals surface area contributed by atoms with E-state index in [0.717, 1.165) is 25.6 Å². The lowest BCUT2D eigenvalue weighted by atomic mass is 9.90. The SMILES string of the molecule is CCC(CCCN(CC(C)C)C1CCCC1)(NC)C(=O)O. The monoisotopic (exact) mass is 298 g/mol. The predicted octanol–water partition coefficient (Wildman–Crippen LogP) is 3.12. The Morgan fingerprint density at radius 2 is 2.00 bits per heavy atom. The van der Waals surface area contributed by atoms with Crippen LogP contribution in [-0.2, 0) is 4.79 Å². The van der Waals surface area contributed by atoms with Crippen LogP contribution in [0, 0.1) is 5.92 Å². The molecule has 0 aliphatic heterocycles. The highest BCUT2D eigenvalue weighted by Gasteiger charge is 2.34. The second-order valence-corrected chi connectivity index (χ2v) is 6.92. The van der Waals surface area contributed by atoms with Crippen molar-refractivity contribution in [2.75, 3.05) is 20.1 Å². The van der Waals surface area contributed by atoms with Gasteiger partial charge in [0, 0.05) is 12.6 Å². The molecule has 1 aliphatic rings. The quantitative estimate of drug-likeness (QED) is 0.650. The third-order valence-corrected chi connectivity index (χ3v) is 4.98. The van der Waals surface area contributed by atoms with Crippen LogP contribution in [0.5, 0.6) is 0 Å². The van der Waals surface area contributed by atoms with Gasteiger partial charge in [-0.1, -0.05) is 33.6 Å². The molecule has 124 valence electrons. The normalized spacial score (nSPS) is 19.3. The van der Waals surface area contributed by atoms with Gasteiger partial charge in [0.1, 0.15) is 5.54 Å². The molecule has 21 heavy (non-hydrogen) atoms. The summed E-state index contributed by atoms with van der Waals surface area (Å²) < 4.78 is 0. The van der Waals surface area contributed by atoms with Gasteiger partial charge in [-0.2, -0.15) is 0 Å². The van der Waals surface area contributed by atoms with Crippen molar-refractivity contribution in [2.24, 2.45) is 5.92 Å². The molecule has 2 N–H and O–H groups in total. The number of carbonyl (C=O) groups is 1. The highest BCUT2D eigenvalue weighted by molar-refractivity contribution is 5.78. The molecule has 1 saturated carbocycles. The van der Waals surface area contributed by atoms with Crippen molar-refractivity contribution in [3.05, 3.63) is 0 Å². The molecule has 1 atom stereocenters. The number of likely N-dealkylation sites (N-methyl/N-ethyl adjacent to an activating group) is 1. The molecule has 0 bridgehead atoms. The first kappa shape index (κ1) is 18.4. The zero-order chi connectivity index (χ0) is 15.9. The Morgan fingerprint density at radius 3 is 2.43 bits per heavy atom. The van der Waals surface area contributed by atoms with Gasteiger partial charge < -0.3 is 15.3 Å². The fraction of sp³-hybridized carbons (Fsp3) is 0.941. The van der Waals surface area contributed by atoms with Gasteiger partial charge in [-0.15, -0.1) is 0 Å². The molecule has 1 aliphatic carbocycles. The minimum Gasteiger partial charge on any atom is -0.480 e. The fourth-order valence-electron chi connectivity index (χ4n) is 3.59. The summed E-state index contributed by atoms with van der Waals surface area (Å²) in [7, 11) is 1.76. The van der Waals surface area contributed by atoms with Crippen LogP contribution in [0.3, 0.4) is 0 Å². The van der Waals surface area contributed by atoms with E-state index in [-0.39, 0.29) is 0 Å². The van der Waals surface area contributed by atoms with Gasteiger partial charge in [0.15, 0.2) is 0 Å². The average molecular weight is 298 g/mol. The van der Waals surface area contributed by atoms with Gasteiger partial charge in [0.05, 0.1) is 0 Å². The number of hydrogen-bond acceptors (Lipinski definition) is 3. The van der Waals surface area contributed by atoms with E-state index in [1.165, 1.54) is 25.7 Å². The number of carboxylic acid groups (broad SMARTS) is 1. The average Bonchev–Trinajstić information content (AvgIpc) is 2.96. The minimum absolute atomic E-state index is 0.631. The Bertz CT molecular complexity index is 308. The van der Waals surface area contributed by atoms with Crippen molar-refractivity contribution in [1.82, 2.24) is 10.2 Å². The van der Waals surface area contributed by atoms with E-state index in [9.17, 15) is 9.90 Å². The summed E-state index contributed by atoms with van der Waals surface area (Å²) >= 11 is 0. The smallest absolute Gasteiger partial charge is 0.323 e. The maximum Gasteiger partial charge on any atom is 0.323 e. The van der Waals surface area contributed by atoms with Gasteiger partial charge in [-0.25, -0.2) is 0 Å². The Labute approximate surface area is 130 Å². The van der Waals surface area contributed by atoms with Crippen LogP contribution >= 0.6 is 0 Å². The van der Waals surface area contributed by atoms with Crippen molar-refractivity contribution in [2.45, 2.75) is 77.3 Å². The van der Waals surface area contributed by atoms with Crippen molar-refractivity contribution >= 4 is 5.97 Å². The highest BCUT2D eigenvalue weighted by Crippen LogP contribution is 2.25. The van der Waals surface area contributed by atoms with Crippen molar-refractivity contribution in [3.63, 3.8) is 0 Å². The maximum atomic E-state index is 11.5. The molecule has 0 aromatic heterocycles. The molecule has 0 radical (unpaired) electrons. The van der Waals surface area contributed by atoms with E-state index in [1.807, 2.05) is 6.92 Å². The summed E-state index contributed by atoms with van der Waals surface area (Å²) in [6.45, 7) is 8.65. The number of nitrogens with one attached hydrogen (secondary N) is 1. The van der Waals surface area contributed by atoms with Crippen LogP contribution in [-0.4, -0.2) is 47.7 Å². The standard InChI is InChI=1S/C17H34N2O2/c1-5-17(18-4,16(20)21)11-8-12-19(13-14(2)3)15-9-6-7-10-15/h14-15,18H,5-13H2,1-4H3,(H,20,21). The summed E-state index contributed by atoms with van der Waals surface area (Å²) in [6.07, 6.45) is 7.62. The minimum atomic E-state index is -0.751. The number of carboxylic acids is 1. The van der Waals surface area contributed by atoms with E-state index in [0.29, 0.717) is 18.8 Å². The largest absolute Gasteiger partial charge is 0.480 e. The van der Waals surface area contributed by atoms with E-state index in [2.05, 4.69) is 24.1 Å². The topological polar surface area (TPSA) is 52.6 Å². The summed E-state index contributed by atoms with van der Waals surface area (Å²) in [5.74, 6) is -0.0471. The maximum absolute atomic E-state index is 11.5. The van der Waals surface area contributed by atoms with E-state index < -0.39 is 11.5 Å². The van der Waals surface area contributed by atoms with Crippen LogP contribution in [0.15, 0.2) is 0 Å². The van der Waals surface area contributed by atoms with Gasteiger partial charge in [-0.05, 0) is 51.6 Å². The van der Waals surface area contributed by atoms with Crippen molar-refractivity contribution < 1.29 is 9.90 Å². The van der Waals surface area contributed by atoms with E-state index >= 15 is 0 Å². The summed E-state index contributed by atoms with van der Waals surface area (Å²) in [5, 5.41) is 12.5. The van der Waals surface area contributed by atoms with Crippen LogP contribution in [0.25, 0.3) is 0 Å². The Kier molecular flexibility index (Phi) is 7.67. The first-order chi connectivity index (χ1) is 9.95. The first-order valence-corrected chi connectivity index (χ1v) is 8.61. The van der Waals surface area contributed by atoms with Crippen LogP contribution in [0.1, 0.15) is 65.7 Å². The second kappa shape index (κ2) is 8.74.